The summed E-state index contributed by atoms with van der Waals surface area (Å²) in [6.07, 6.45) is 0. The van der Waals surface area contributed by atoms with E-state index in [0.717, 1.165) is 21.6 Å². The second kappa shape index (κ2) is 3.93. The average molecular weight is 242 g/mol. The summed E-state index contributed by atoms with van der Waals surface area (Å²) in [5, 5.41) is 9.29. The predicted octanol–water partition coefficient (Wildman–Crippen LogP) is 1.61. The average Bonchev–Trinajstić information content (AvgIpc) is 2.73. The lowest BCUT2D eigenvalue weighted by atomic mass is 9.67. The normalized spacial score (nSPS) is 13.9. The van der Waals surface area contributed by atoms with Crippen LogP contribution in [0.3, 0.4) is 0 Å². The van der Waals surface area contributed by atoms with E-state index in [4.69, 9.17) is 0 Å². The van der Waals surface area contributed by atoms with Crippen molar-refractivity contribution in [3.8, 4) is 0 Å². The minimum atomic E-state index is -0.130. The van der Waals surface area contributed by atoms with E-state index in [9.17, 15) is 4.79 Å². The van der Waals surface area contributed by atoms with Gasteiger partial charge < -0.3 is 10.5 Å². The largest absolute Gasteiger partial charge is 0.409 e. The summed E-state index contributed by atoms with van der Waals surface area (Å²) in [5.74, 6) is 0.00588. The Hall–Kier alpha value is -1.75. The zero-order valence-corrected chi connectivity index (χ0v) is 10.2. The molecule has 3 nitrogen and oxygen atoms in total. The number of amides is 1. The molecule has 0 bridgehead atoms. The number of aryl methyl sites for hydroxylation is 1. The van der Waals surface area contributed by atoms with Crippen LogP contribution in [-0.4, -0.2) is 12.9 Å². The van der Waals surface area contributed by atoms with Gasteiger partial charge in [-0.25, -0.2) is 0 Å². The summed E-state index contributed by atoms with van der Waals surface area (Å²) in [4.78, 5) is 12.0. The minimum Gasteiger partial charge on any atom is -0.396 e. The molecule has 3 rings (SSSR count). The number of anilines is 1. The Kier molecular flexibility index (Phi) is 2.40. The maximum Gasteiger partial charge on any atom is 0.409 e. The van der Waals surface area contributed by atoms with Crippen LogP contribution in [0.15, 0.2) is 35.7 Å². The van der Waals surface area contributed by atoms with E-state index in [1.165, 1.54) is 0 Å². The van der Waals surface area contributed by atoms with Crippen LogP contribution in [0, 0.1) is 6.92 Å². The fraction of sp³-hybridized carbons (Fsp3) is 0.0833. The smallest absolute Gasteiger partial charge is 0.396 e. The van der Waals surface area contributed by atoms with Crippen LogP contribution >= 0.6 is 11.3 Å². The van der Waals surface area contributed by atoms with Crippen LogP contribution in [0.1, 0.15) is 15.9 Å². The third kappa shape index (κ3) is 1.72. The van der Waals surface area contributed by atoms with Gasteiger partial charge >= 0.3 is 6.98 Å². The van der Waals surface area contributed by atoms with E-state index in [1.54, 1.807) is 11.3 Å². The highest BCUT2D eigenvalue weighted by Gasteiger charge is 2.31. The highest BCUT2D eigenvalue weighted by Crippen LogP contribution is 2.29. The molecule has 1 aromatic heterocycles. The van der Waals surface area contributed by atoms with E-state index in [2.05, 4.69) is 10.5 Å². The van der Waals surface area contributed by atoms with Crippen molar-refractivity contribution in [2.45, 2.75) is 6.92 Å². The van der Waals surface area contributed by atoms with Gasteiger partial charge in [0, 0.05) is 0 Å². The van der Waals surface area contributed by atoms with Crippen molar-refractivity contribution < 1.29 is 4.79 Å². The molecule has 84 valence electrons. The SMILES string of the molecule is Cc1csc2c1C(=O)NB(c1ccccc1)N2. The lowest BCUT2D eigenvalue weighted by Gasteiger charge is -2.22. The molecule has 1 aliphatic rings. The Bertz CT molecular complexity index is 567. The van der Waals surface area contributed by atoms with Gasteiger partial charge in [-0.05, 0) is 23.3 Å². The van der Waals surface area contributed by atoms with Gasteiger partial charge in [0.05, 0.1) is 10.6 Å². The first kappa shape index (κ1) is 10.4. The van der Waals surface area contributed by atoms with Crippen molar-refractivity contribution in [2.24, 2.45) is 0 Å². The number of carbonyl (C=O) groups is 1. The summed E-state index contributed by atoms with van der Waals surface area (Å²) >= 11 is 1.58. The minimum absolute atomic E-state index is 0.00588. The molecule has 0 aliphatic carbocycles. The van der Waals surface area contributed by atoms with Gasteiger partial charge in [-0.3, -0.25) is 4.79 Å². The first-order valence-electron chi connectivity index (χ1n) is 5.46. The lowest BCUT2D eigenvalue weighted by Crippen LogP contribution is -2.56. The molecule has 0 saturated heterocycles. The topological polar surface area (TPSA) is 41.1 Å². The fourth-order valence-corrected chi connectivity index (χ4v) is 2.99. The second-order valence-electron chi connectivity index (χ2n) is 4.08. The van der Waals surface area contributed by atoms with Crippen LogP contribution in [0.4, 0.5) is 5.00 Å². The van der Waals surface area contributed by atoms with E-state index in [1.807, 2.05) is 42.6 Å². The summed E-state index contributed by atoms with van der Waals surface area (Å²) < 4.78 is 0. The second-order valence-corrected chi connectivity index (χ2v) is 4.96. The molecular formula is C12H11BN2OS. The molecule has 0 atom stereocenters. The molecule has 0 saturated carbocycles. The Morgan fingerprint density at radius 3 is 2.71 bits per heavy atom. The number of thiophene rings is 1. The molecular weight excluding hydrogens is 231 g/mol. The van der Waals surface area contributed by atoms with Gasteiger partial charge in [0.2, 0.25) is 5.91 Å². The monoisotopic (exact) mass is 242 g/mol. The van der Waals surface area contributed by atoms with Crippen LogP contribution in [-0.2, 0) is 0 Å². The van der Waals surface area contributed by atoms with Crippen molar-refractivity contribution in [1.29, 1.82) is 0 Å². The van der Waals surface area contributed by atoms with Gasteiger partial charge in [0.1, 0.15) is 0 Å². The molecule has 5 heteroatoms. The van der Waals surface area contributed by atoms with Crippen molar-refractivity contribution in [3.05, 3.63) is 46.8 Å². The highest BCUT2D eigenvalue weighted by atomic mass is 32.1. The van der Waals surface area contributed by atoms with Crippen molar-refractivity contribution >= 4 is 34.7 Å². The maximum atomic E-state index is 12.0. The zero-order valence-electron chi connectivity index (χ0n) is 9.36. The molecule has 0 spiro atoms. The molecule has 2 aromatic rings. The van der Waals surface area contributed by atoms with Crippen molar-refractivity contribution in [3.63, 3.8) is 0 Å². The third-order valence-corrected chi connectivity index (χ3v) is 3.91. The molecule has 2 heterocycles. The molecule has 1 aliphatic heterocycles. The number of fused-ring (bicyclic) bond motifs is 1. The number of hydrogen-bond donors (Lipinski definition) is 2. The molecule has 17 heavy (non-hydrogen) atoms. The first-order valence-corrected chi connectivity index (χ1v) is 6.34. The zero-order chi connectivity index (χ0) is 11.8. The Morgan fingerprint density at radius 2 is 1.94 bits per heavy atom. The fourth-order valence-electron chi connectivity index (χ4n) is 2.02. The number of carbonyl (C=O) groups excluding carboxylic acids is 1. The Morgan fingerprint density at radius 1 is 1.18 bits per heavy atom. The van der Waals surface area contributed by atoms with Crippen LogP contribution in [0.2, 0.25) is 0 Å². The van der Waals surface area contributed by atoms with Crippen LogP contribution < -0.4 is 15.9 Å². The Balaban J connectivity index is 1.97. The van der Waals surface area contributed by atoms with Gasteiger partial charge in [0.15, 0.2) is 0 Å². The number of nitrogens with one attached hydrogen (secondary N) is 2. The quantitative estimate of drug-likeness (QED) is 0.746. The van der Waals surface area contributed by atoms with Crippen molar-refractivity contribution in [2.75, 3.05) is 5.23 Å². The molecule has 0 radical (unpaired) electrons. The molecule has 1 amide bonds. The van der Waals surface area contributed by atoms with E-state index < -0.39 is 0 Å². The van der Waals surface area contributed by atoms with Gasteiger partial charge in [-0.1, -0.05) is 30.3 Å². The summed E-state index contributed by atoms with van der Waals surface area (Å²) in [5.41, 5.74) is 2.88. The first-order chi connectivity index (χ1) is 8.25. The van der Waals surface area contributed by atoms with Gasteiger partial charge in [0.25, 0.3) is 0 Å². The highest BCUT2D eigenvalue weighted by molar-refractivity contribution is 7.16. The molecule has 1 aromatic carbocycles. The van der Waals surface area contributed by atoms with Crippen LogP contribution in [0.5, 0.6) is 0 Å². The third-order valence-electron chi connectivity index (χ3n) is 2.89. The standard InChI is InChI=1S/C12H11BN2OS/c1-8-7-17-12-10(8)11(16)14-13(15-12)9-5-3-2-4-6-9/h2-7,15H,1H3,(H,14,16). The number of rotatable bonds is 1. The van der Waals surface area contributed by atoms with Gasteiger partial charge in [-0.2, -0.15) is 0 Å². The number of hydrogen-bond acceptors (Lipinski definition) is 3. The van der Waals surface area contributed by atoms with Gasteiger partial charge in [-0.15, -0.1) is 11.3 Å². The van der Waals surface area contributed by atoms with Crippen LogP contribution in [0.25, 0.3) is 0 Å². The molecule has 2 N–H and O–H groups in total. The molecule has 0 unspecified atom stereocenters. The van der Waals surface area contributed by atoms with Crippen molar-refractivity contribution in [1.82, 2.24) is 5.23 Å². The van der Waals surface area contributed by atoms with E-state index >= 15 is 0 Å². The molecule has 0 fully saturated rings. The predicted molar refractivity (Wildman–Crippen MR) is 72.0 cm³/mol. The van der Waals surface area contributed by atoms with E-state index in [0.29, 0.717) is 0 Å². The maximum absolute atomic E-state index is 12.0. The summed E-state index contributed by atoms with van der Waals surface area (Å²) in [7, 11) is 0. The number of benzene rings is 1. The summed E-state index contributed by atoms with van der Waals surface area (Å²) in [6.45, 7) is 1.83. The Labute approximate surface area is 104 Å². The van der Waals surface area contributed by atoms with E-state index in [-0.39, 0.29) is 12.9 Å². The lowest BCUT2D eigenvalue weighted by molar-refractivity contribution is 0.0979. The summed E-state index contributed by atoms with van der Waals surface area (Å²) in [6, 6.07) is 9.92.